The number of halogens is 7. The lowest BCUT2D eigenvalue weighted by atomic mass is 9.95. The summed E-state index contributed by atoms with van der Waals surface area (Å²) < 4.78 is 97.8. The number of rotatable bonds is 6. The van der Waals surface area contributed by atoms with Gasteiger partial charge in [-0.15, -0.1) is 20.4 Å². The summed E-state index contributed by atoms with van der Waals surface area (Å²) in [6, 6.07) is 3.39. The molecule has 2 aliphatic rings. The van der Waals surface area contributed by atoms with Crippen LogP contribution in [0.15, 0.2) is 30.6 Å². The van der Waals surface area contributed by atoms with Crippen molar-refractivity contribution in [3.05, 3.63) is 58.9 Å². The first-order valence-electron chi connectivity index (χ1n) is 11.0. The molecule has 0 radical (unpaired) electrons. The van der Waals surface area contributed by atoms with Crippen LogP contribution in [0.2, 0.25) is 0 Å². The van der Waals surface area contributed by atoms with E-state index in [0.717, 1.165) is 16.8 Å². The Bertz CT molecular complexity index is 1340. The van der Waals surface area contributed by atoms with E-state index in [0.29, 0.717) is 12.8 Å². The Kier molecular flexibility index (Phi) is 6.63. The second kappa shape index (κ2) is 9.50. The summed E-state index contributed by atoms with van der Waals surface area (Å²) in [7, 11) is 0. The van der Waals surface area contributed by atoms with Crippen molar-refractivity contribution in [1.82, 2.24) is 14.8 Å². The van der Waals surface area contributed by atoms with Gasteiger partial charge < -0.3 is 14.2 Å². The zero-order valence-corrected chi connectivity index (χ0v) is 20.6. The van der Waals surface area contributed by atoms with Crippen molar-refractivity contribution in [3.63, 3.8) is 0 Å². The van der Waals surface area contributed by atoms with Crippen molar-refractivity contribution in [3.8, 4) is 22.9 Å². The van der Waals surface area contributed by atoms with Crippen LogP contribution in [0.25, 0.3) is 5.69 Å². The zero-order chi connectivity index (χ0) is 26.5. The number of ether oxygens (including phenoxy) is 3. The molecule has 0 N–H and O–H groups in total. The molecule has 0 saturated heterocycles. The van der Waals surface area contributed by atoms with E-state index < -0.39 is 40.4 Å². The predicted octanol–water partition coefficient (Wildman–Crippen LogP) is 6.85. The standard InChI is InChI=1S/C23H18ClF6N3O3S/c1-37-19(14-6-17-18(7-16(14)25)36-23(29,30)35-17)10-34-12-5-11(8-31-9-12)33-20-13(3-2-4-15(20)24)21(32-33)22(26,27)28/h5-9,15,19H,2-4,10H2,1H3. The molecule has 1 aromatic carbocycles. The Labute approximate surface area is 215 Å². The van der Waals surface area contributed by atoms with Gasteiger partial charge in [0.15, 0.2) is 17.2 Å². The van der Waals surface area contributed by atoms with Gasteiger partial charge in [0.25, 0.3) is 0 Å². The average Bonchev–Trinajstić information content (AvgIpc) is 3.37. The van der Waals surface area contributed by atoms with Crippen molar-refractivity contribution in [2.75, 3.05) is 12.9 Å². The summed E-state index contributed by atoms with van der Waals surface area (Å²) in [6.45, 7) is -0.109. The molecule has 0 bridgehead atoms. The fourth-order valence-electron chi connectivity index (χ4n) is 4.34. The van der Waals surface area contributed by atoms with E-state index in [2.05, 4.69) is 19.6 Å². The largest absolute Gasteiger partial charge is 0.586 e. The molecule has 0 amide bonds. The Morgan fingerprint density at radius 1 is 1.22 bits per heavy atom. The van der Waals surface area contributed by atoms with Gasteiger partial charge in [0.05, 0.1) is 34.4 Å². The SMILES string of the molecule is CSC(COc1cncc(-n2nc(C(F)(F)F)c3c2C(Cl)CCC3)c1)c1cc2c(cc1F)OC(F)(F)O2. The number of benzene rings is 1. The maximum Gasteiger partial charge on any atom is 0.586 e. The molecule has 5 rings (SSSR count). The number of aromatic nitrogens is 3. The molecule has 0 saturated carbocycles. The Morgan fingerprint density at radius 2 is 1.95 bits per heavy atom. The minimum absolute atomic E-state index is 0.0533. The van der Waals surface area contributed by atoms with Crippen LogP contribution in [0.4, 0.5) is 26.3 Å². The van der Waals surface area contributed by atoms with Crippen LogP contribution in [0.5, 0.6) is 17.2 Å². The molecule has 1 aliphatic carbocycles. The number of pyridine rings is 1. The molecule has 3 heterocycles. The van der Waals surface area contributed by atoms with Gasteiger partial charge >= 0.3 is 12.5 Å². The molecular weight excluding hydrogens is 548 g/mol. The van der Waals surface area contributed by atoms with Crippen LogP contribution in [0, 0.1) is 5.82 Å². The first-order chi connectivity index (χ1) is 17.5. The fourth-order valence-corrected chi connectivity index (χ4v) is 5.36. The van der Waals surface area contributed by atoms with E-state index in [1.165, 1.54) is 30.2 Å². The van der Waals surface area contributed by atoms with Crippen LogP contribution in [-0.4, -0.2) is 33.9 Å². The van der Waals surface area contributed by atoms with Crippen molar-refractivity contribution < 1.29 is 40.6 Å². The van der Waals surface area contributed by atoms with Crippen molar-refractivity contribution in [1.29, 1.82) is 0 Å². The Balaban J connectivity index is 1.40. The molecule has 2 unspecified atom stereocenters. The van der Waals surface area contributed by atoms with Gasteiger partial charge in [0, 0.05) is 23.3 Å². The molecule has 14 heteroatoms. The highest BCUT2D eigenvalue weighted by Crippen LogP contribution is 2.45. The average molecular weight is 566 g/mol. The number of hydrogen-bond donors (Lipinski definition) is 0. The first kappa shape index (κ1) is 25.8. The summed E-state index contributed by atoms with van der Waals surface area (Å²) in [6.07, 6.45) is -2.95. The van der Waals surface area contributed by atoms with Gasteiger partial charge in [-0.05, 0) is 31.6 Å². The Hall–Kier alpha value is -2.80. The molecule has 0 spiro atoms. The summed E-state index contributed by atoms with van der Waals surface area (Å²) >= 11 is 7.58. The topological polar surface area (TPSA) is 58.4 Å². The number of alkyl halides is 6. The van der Waals surface area contributed by atoms with Crippen molar-refractivity contribution in [2.45, 2.75) is 42.4 Å². The summed E-state index contributed by atoms with van der Waals surface area (Å²) in [5.74, 6) is -1.32. The molecule has 2 atom stereocenters. The van der Waals surface area contributed by atoms with Crippen LogP contribution < -0.4 is 14.2 Å². The molecule has 2 aromatic heterocycles. The summed E-state index contributed by atoms with van der Waals surface area (Å²) in [5.41, 5.74) is -0.381. The second-order valence-electron chi connectivity index (χ2n) is 8.38. The minimum atomic E-state index is -4.64. The fraction of sp³-hybridized carbons (Fsp3) is 0.391. The third-order valence-corrected chi connectivity index (χ3v) is 7.35. The van der Waals surface area contributed by atoms with E-state index in [-0.39, 0.29) is 47.0 Å². The van der Waals surface area contributed by atoms with Crippen LogP contribution in [0.1, 0.15) is 46.0 Å². The quantitative estimate of drug-likeness (QED) is 0.241. The highest BCUT2D eigenvalue weighted by atomic mass is 35.5. The highest BCUT2D eigenvalue weighted by molar-refractivity contribution is 7.98. The second-order valence-corrected chi connectivity index (χ2v) is 9.95. The zero-order valence-electron chi connectivity index (χ0n) is 19.0. The third kappa shape index (κ3) is 5.02. The highest BCUT2D eigenvalue weighted by Gasteiger charge is 2.44. The number of fused-ring (bicyclic) bond motifs is 2. The van der Waals surface area contributed by atoms with Crippen molar-refractivity contribution in [2.24, 2.45) is 0 Å². The van der Waals surface area contributed by atoms with E-state index in [1.807, 2.05) is 0 Å². The van der Waals surface area contributed by atoms with Gasteiger partial charge in [-0.2, -0.15) is 30.0 Å². The van der Waals surface area contributed by atoms with Crippen molar-refractivity contribution >= 4 is 23.4 Å². The van der Waals surface area contributed by atoms with Gasteiger partial charge in [-0.25, -0.2) is 9.07 Å². The maximum atomic E-state index is 14.7. The van der Waals surface area contributed by atoms with Crippen LogP contribution >= 0.6 is 23.4 Å². The van der Waals surface area contributed by atoms with E-state index in [9.17, 15) is 26.3 Å². The van der Waals surface area contributed by atoms with Gasteiger partial charge in [-0.1, -0.05) is 0 Å². The normalized spacial score (nSPS) is 19.0. The molecule has 6 nitrogen and oxygen atoms in total. The third-order valence-electron chi connectivity index (χ3n) is 5.97. The summed E-state index contributed by atoms with van der Waals surface area (Å²) in [4.78, 5) is 4.05. The van der Waals surface area contributed by atoms with Gasteiger partial charge in [0.2, 0.25) is 0 Å². The molecule has 1 aliphatic heterocycles. The lowest BCUT2D eigenvalue weighted by Crippen LogP contribution is -2.25. The van der Waals surface area contributed by atoms with Gasteiger partial charge in [0.1, 0.15) is 18.2 Å². The summed E-state index contributed by atoms with van der Waals surface area (Å²) in [5, 5.41) is 2.51. The molecule has 0 fully saturated rings. The van der Waals surface area contributed by atoms with Crippen LogP contribution in [0.3, 0.4) is 0 Å². The lowest BCUT2D eigenvalue weighted by molar-refractivity contribution is -0.286. The van der Waals surface area contributed by atoms with E-state index in [4.69, 9.17) is 16.3 Å². The van der Waals surface area contributed by atoms with Gasteiger partial charge in [-0.3, -0.25) is 4.98 Å². The monoisotopic (exact) mass is 565 g/mol. The number of nitrogens with zero attached hydrogens (tertiary/aromatic N) is 3. The molecule has 37 heavy (non-hydrogen) atoms. The minimum Gasteiger partial charge on any atom is -0.490 e. The molecule has 198 valence electrons. The number of thioether (sulfide) groups is 1. The van der Waals surface area contributed by atoms with Crippen LogP contribution in [-0.2, 0) is 12.6 Å². The Morgan fingerprint density at radius 3 is 2.65 bits per heavy atom. The predicted molar refractivity (Wildman–Crippen MR) is 122 cm³/mol. The van der Waals surface area contributed by atoms with E-state index >= 15 is 0 Å². The molecular formula is C23H18ClF6N3O3S. The maximum absolute atomic E-state index is 14.7. The first-order valence-corrected chi connectivity index (χ1v) is 12.7. The van der Waals surface area contributed by atoms with E-state index in [1.54, 1.807) is 6.26 Å². The molecule has 3 aromatic rings. The number of hydrogen-bond acceptors (Lipinski definition) is 6. The smallest absolute Gasteiger partial charge is 0.490 e. The lowest BCUT2D eigenvalue weighted by Gasteiger charge is -2.20.